The Kier molecular flexibility index (Phi) is 5.88. The van der Waals surface area contributed by atoms with E-state index in [2.05, 4.69) is 16.6 Å². The van der Waals surface area contributed by atoms with Gasteiger partial charge in [-0.15, -0.1) is 11.3 Å². The molecule has 2 heterocycles. The predicted molar refractivity (Wildman–Crippen MR) is 114 cm³/mol. The summed E-state index contributed by atoms with van der Waals surface area (Å²) >= 11 is 1.64. The van der Waals surface area contributed by atoms with Gasteiger partial charge in [-0.1, -0.05) is 19.1 Å². The summed E-state index contributed by atoms with van der Waals surface area (Å²) < 4.78 is 29.4. The van der Waals surface area contributed by atoms with E-state index in [-0.39, 0.29) is 17.4 Å². The Morgan fingerprint density at radius 2 is 2.20 bits per heavy atom. The molecule has 30 heavy (non-hydrogen) atoms. The van der Waals surface area contributed by atoms with E-state index in [1.54, 1.807) is 23.5 Å². The van der Waals surface area contributed by atoms with Crippen molar-refractivity contribution in [2.45, 2.75) is 52.3 Å². The summed E-state index contributed by atoms with van der Waals surface area (Å²) in [6.45, 7) is 1.87. The number of benzene rings is 1. The molecule has 3 aromatic rings. The summed E-state index contributed by atoms with van der Waals surface area (Å²) in [6.07, 6.45) is 3.05. The number of hydrogen-bond donors (Lipinski definition) is 1. The van der Waals surface area contributed by atoms with E-state index in [1.165, 1.54) is 16.5 Å². The van der Waals surface area contributed by atoms with Crippen LogP contribution in [0.3, 0.4) is 0 Å². The molecule has 1 N–H and O–H groups in total. The van der Waals surface area contributed by atoms with Gasteiger partial charge in [-0.05, 0) is 62.4 Å². The first-order chi connectivity index (χ1) is 14.3. The number of alkyl halides is 2. The molecule has 160 valence electrons. The van der Waals surface area contributed by atoms with Gasteiger partial charge in [0.15, 0.2) is 0 Å². The number of H-pyrrole nitrogens is 1. The zero-order valence-electron chi connectivity index (χ0n) is 17.2. The minimum Gasteiger partial charge on any atom is -0.435 e. The van der Waals surface area contributed by atoms with Gasteiger partial charge in [-0.25, -0.2) is 4.98 Å². The molecule has 0 saturated carbocycles. The second kappa shape index (κ2) is 8.43. The Balaban J connectivity index is 1.57. The Morgan fingerprint density at radius 1 is 1.40 bits per heavy atom. The predicted octanol–water partition coefficient (Wildman–Crippen LogP) is 4.90. The van der Waals surface area contributed by atoms with E-state index < -0.39 is 6.61 Å². The van der Waals surface area contributed by atoms with Gasteiger partial charge in [0.1, 0.15) is 16.4 Å². The van der Waals surface area contributed by atoms with Gasteiger partial charge < -0.3 is 9.72 Å². The molecule has 8 heteroatoms. The summed E-state index contributed by atoms with van der Waals surface area (Å²) in [5, 5.41) is 0.748. The van der Waals surface area contributed by atoms with Crippen LogP contribution >= 0.6 is 11.3 Å². The molecule has 0 bridgehead atoms. The number of fused-ring (bicyclic) bond motifs is 3. The number of nitrogens with one attached hydrogen (secondary N) is 1. The maximum absolute atomic E-state index is 12.9. The van der Waals surface area contributed by atoms with Gasteiger partial charge in [0.2, 0.25) is 0 Å². The molecule has 2 atom stereocenters. The molecule has 4 rings (SSSR count). The first-order valence-electron chi connectivity index (χ1n) is 10.1. The Morgan fingerprint density at radius 3 is 2.97 bits per heavy atom. The minimum absolute atomic E-state index is 0.0744. The molecular weight excluding hydrogens is 408 g/mol. The SMILES string of the molecule is CC1CCc2c(sc3nc(C(C)N(C)Cc4cccc(OC(F)F)c4)[nH]c(=O)c23)C1. The molecule has 0 saturated heterocycles. The fourth-order valence-electron chi connectivity index (χ4n) is 4.02. The first-order valence-corrected chi connectivity index (χ1v) is 10.9. The van der Waals surface area contributed by atoms with Gasteiger partial charge >= 0.3 is 6.61 Å². The van der Waals surface area contributed by atoms with Crippen molar-refractivity contribution < 1.29 is 13.5 Å². The molecule has 2 aromatic heterocycles. The monoisotopic (exact) mass is 433 g/mol. The molecule has 0 fully saturated rings. The molecule has 0 spiro atoms. The van der Waals surface area contributed by atoms with Crippen molar-refractivity contribution in [2.24, 2.45) is 5.92 Å². The number of halogens is 2. The summed E-state index contributed by atoms with van der Waals surface area (Å²) in [4.78, 5) is 24.7. The summed E-state index contributed by atoms with van der Waals surface area (Å²) in [7, 11) is 1.91. The highest BCUT2D eigenvalue weighted by molar-refractivity contribution is 7.18. The lowest BCUT2D eigenvalue weighted by Gasteiger charge is -2.24. The van der Waals surface area contributed by atoms with Crippen molar-refractivity contribution in [1.29, 1.82) is 0 Å². The van der Waals surface area contributed by atoms with Gasteiger partial charge in [0.05, 0.1) is 11.4 Å². The average molecular weight is 434 g/mol. The molecule has 2 unspecified atom stereocenters. The van der Waals surface area contributed by atoms with Crippen LogP contribution in [0.4, 0.5) is 8.78 Å². The minimum atomic E-state index is -2.85. The Labute approximate surface area is 177 Å². The van der Waals surface area contributed by atoms with Crippen LogP contribution in [0, 0.1) is 5.92 Å². The Hall–Kier alpha value is -2.32. The highest BCUT2D eigenvalue weighted by atomic mass is 32.1. The fourth-order valence-corrected chi connectivity index (χ4v) is 5.41. The number of nitrogens with zero attached hydrogens (tertiary/aromatic N) is 2. The second-order valence-corrected chi connectivity index (χ2v) is 9.18. The number of rotatable bonds is 6. The number of ether oxygens (including phenoxy) is 1. The number of aryl methyl sites for hydroxylation is 1. The third-order valence-corrected chi connectivity index (χ3v) is 6.94. The maximum atomic E-state index is 12.9. The lowest BCUT2D eigenvalue weighted by atomic mass is 9.89. The normalized spacial score (nSPS) is 17.5. The molecule has 1 aliphatic rings. The summed E-state index contributed by atoms with van der Waals surface area (Å²) in [5.74, 6) is 1.38. The molecule has 0 amide bonds. The van der Waals surface area contributed by atoms with E-state index in [1.807, 2.05) is 24.9 Å². The third-order valence-electron chi connectivity index (χ3n) is 5.80. The van der Waals surface area contributed by atoms with E-state index >= 15 is 0 Å². The van der Waals surface area contributed by atoms with Crippen LogP contribution in [0.5, 0.6) is 5.75 Å². The van der Waals surface area contributed by atoms with Crippen LogP contribution in [0.25, 0.3) is 10.2 Å². The highest BCUT2D eigenvalue weighted by Gasteiger charge is 2.24. The van der Waals surface area contributed by atoms with Crippen LogP contribution in [-0.4, -0.2) is 28.5 Å². The lowest BCUT2D eigenvalue weighted by molar-refractivity contribution is -0.0499. The second-order valence-electron chi connectivity index (χ2n) is 8.10. The van der Waals surface area contributed by atoms with E-state index in [0.717, 1.165) is 35.0 Å². The van der Waals surface area contributed by atoms with Crippen molar-refractivity contribution in [3.8, 4) is 5.75 Å². The largest absolute Gasteiger partial charge is 0.435 e. The fraction of sp³-hybridized carbons (Fsp3) is 0.455. The van der Waals surface area contributed by atoms with Crippen molar-refractivity contribution in [2.75, 3.05) is 7.05 Å². The summed E-state index contributed by atoms with van der Waals surface area (Å²) in [5.41, 5.74) is 1.94. The van der Waals surface area contributed by atoms with E-state index in [0.29, 0.717) is 18.3 Å². The standard InChI is InChI=1S/C22H25F2N3O2S/c1-12-7-8-16-17(9-12)30-21-18(16)20(28)25-19(26-21)13(2)27(3)11-14-5-4-6-15(10-14)29-22(23)24/h4-6,10,12-13,22H,7-9,11H2,1-3H3,(H,25,26,28). The Bertz CT molecular complexity index is 1110. The van der Waals surface area contributed by atoms with E-state index in [4.69, 9.17) is 4.98 Å². The van der Waals surface area contributed by atoms with Crippen LogP contribution < -0.4 is 10.3 Å². The lowest BCUT2D eigenvalue weighted by Crippen LogP contribution is -2.26. The topological polar surface area (TPSA) is 58.2 Å². The van der Waals surface area contributed by atoms with Crippen LogP contribution in [0.2, 0.25) is 0 Å². The van der Waals surface area contributed by atoms with Crippen molar-refractivity contribution in [3.63, 3.8) is 0 Å². The maximum Gasteiger partial charge on any atom is 0.387 e. The first kappa shape index (κ1) is 20.9. The molecule has 0 radical (unpaired) electrons. The van der Waals surface area contributed by atoms with Gasteiger partial charge in [-0.3, -0.25) is 9.69 Å². The van der Waals surface area contributed by atoms with Gasteiger partial charge in [-0.2, -0.15) is 8.78 Å². The molecule has 1 aliphatic carbocycles. The number of thiophene rings is 1. The molecular formula is C22H25F2N3O2S. The smallest absolute Gasteiger partial charge is 0.387 e. The van der Waals surface area contributed by atoms with Crippen LogP contribution in [0.15, 0.2) is 29.1 Å². The molecule has 5 nitrogen and oxygen atoms in total. The summed E-state index contributed by atoms with van der Waals surface area (Å²) in [6, 6.07) is 6.50. The molecule has 0 aliphatic heterocycles. The van der Waals surface area contributed by atoms with E-state index in [9.17, 15) is 13.6 Å². The van der Waals surface area contributed by atoms with Gasteiger partial charge in [0.25, 0.3) is 5.56 Å². The van der Waals surface area contributed by atoms with Crippen molar-refractivity contribution in [1.82, 2.24) is 14.9 Å². The van der Waals surface area contributed by atoms with Crippen molar-refractivity contribution >= 4 is 21.6 Å². The van der Waals surface area contributed by atoms with Crippen LogP contribution in [-0.2, 0) is 19.4 Å². The number of aromatic nitrogens is 2. The average Bonchev–Trinajstić information content (AvgIpc) is 3.04. The molecule has 1 aromatic carbocycles. The zero-order chi connectivity index (χ0) is 21.4. The van der Waals surface area contributed by atoms with Crippen molar-refractivity contribution in [3.05, 3.63) is 56.4 Å². The quantitative estimate of drug-likeness (QED) is 0.601. The number of aromatic amines is 1. The van der Waals surface area contributed by atoms with Gasteiger partial charge in [0, 0.05) is 11.4 Å². The highest BCUT2D eigenvalue weighted by Crippen LogP contribution is 2.36. The van der Waals surface area contributed by atoms with Crippen LogP contribution in [0.1, 0.15) is 48.1 Å². The third kappa shape index (κ3) is 4.25. The number of hydrogen-bond acceptors (Lipinski definition) is 5. The zero-order valence-corrected chi connectivity index (χ0v) is 18.1.